The monoisotopic (exact) mass is 240 g/mol. The number of hydrogen-bond acceptors (Lipinski definition) is 1. The highest BCUT2D eigenvalue weighted by Gasteiger charge is 2.18. The van der Waals surface area contributed by atoms with Gasteiger partial charge in [-0.1, -0.05) is 6.07 Å². The van der Waals surface area contributed by atoms with Crippen LogP contribution in [-0.2, 0) is 13.0 Å². The number of halogens is 2. The van der Waals surface area contributed by atoms with Crippen molar-refractivity contribution in [2.24, 2.45) is 0 Å². The average Bonchev–Trinajstić information content (AvgIpc) is 2.64. The predicted molar refractivity (Wildman–Crippen MR) is 65.7 cm³/mol. The minimum atomic E-state index is -0.114. The summed E-state index contributed by atoms with van der Waals surface area (Å²) in [4.78, 5) is 3.35. The first kappa shape index (κ1) is 11.4. The molecule has 2 nitrogen and oxygen atoms in total. The van der Waals surface area contributed by atoms with Crippen LogP contribution in [0.5, 0.6) is 0 Å². The van der Waals surface area contributed by atoms with Crippen LogP contribution in [0.1, 0.15) is 16.8 Å². The van der Waals surface area contributed by atoms with Crippen LogP contribution in [-0.4, -0.2) is 11.5 Å². The van der Waals surface area contributed by atoms with Crippen LogP contribution in [0, 0.1) is 12.7 Å². The van der Waals surface area contributed by atoms with E-state index >= 15 is 0 Å². The lowest BCUT2D eigenvalue weighted by Crippen LogP contribution is -2.23. The maximum atomic E-state index is 13.7. The summed E-state index contributed by atoms with van der Waals surface area (Å²) in [6.07, 6.45) is 0.961. The van der Waals surface area contributed by atoms with Crippen LogP contribution >= 0.6 is 12.4 Å². The van der Waals surface area contributed by atoms with E-state index in [0.29, 0.717) is 0 Å². The molecule has 2 heterocycles. The Bertz CT molecular complexity index is 533. The molecule has 1 aliphatic heterocycles. The normalized spacial score (nSPS) is 14.6. The first-order valence-electron chi connectivity index (χ1n) is 5.26. The van der Waals surface area contributed by atoms with E-state index in [1.54, 1.807) is 6.07 Å². The summed E-state index contributed by atoms with van der Waals surface area (Å²) in [7, 11) is 0. The second-order valence-corrected chi connectivity index (χ2v) is 4.12. The lowest BCUT2D eigenvalue weighted by molar-refractivity contribution is 0.624. The quantitative estimate of drug-likeness (QED) is 0.728. The summed E-state index contributed by atoms with van der Waals surface area (Å²) in [5.74, 6) is -0.114. The van der Waals surface area contributed by atoms with Gasteiger partial charge in [0.15, 0.2) is 0 Å². The maximum Gasteiger partial charge on any atom is 0.132 e. The van der Waals surface area contributed by atoms with Gasteiger partial charge in [-0.15, -0.1) is 12.4 Å². The largest absolute Gasteiger partial charge is 0.358 e. The van der Waals surface area contributed by atoms with Gasteiger partial charge in [0.2, 0.25) is 0 Å². The van der Waals surface area contributed by atoms with Gasteiger partial charge in [0, 0.05) is 30.6 Å². The molecule has 0 saturated heterocycles. The SMILES string of the molecule is Cc1ccc(F)c2c3c([nH]c12)CCNC3.Cl. The summed E-state index contributed by atoms with van der Waals surface area (Å²) in [6, 6.07) is 3.38. The van der Waals surface area contributed by atoms with E-state index < -0.39 is 0 Å². The molecule has 2 aromatic rings. The van der Waals surface area contributed by atoms with Gasteiger partial charge in [-0.05, 0) is 24.1 Å². The van der Waals surface area contributed by atoms with Gasteiger partial charge in [-0.25, -0.2) is 4.39 Å². The standard InChI is InChI=1S/C12H13FN2.ClH/c1-7-2-3-9(13)11-8-6-14-5-4-10(8)15-12(7)11;/h2-3,14-15H,4-6H2,1H3;1H. The lowest BCUT2D eigenvalue weighted by atomic mass is 10.0. The third-order valence-electron chi connectivity index (χ3n) is 3.16. The zero-order valence-electron chi connectivity index (χ0n) is 9.06. The van der Waals surface area contributed by atoms with Gasteiger partial charge in [0.25, 0.3) is 0 Å². The van der Waals surface area contributed by atoms with Crippen LogP contribution in [0.25, 0.3) is 10.9 Å². The van der Waals surface area contributed by atoms with E-state index in [4.69, 9.17) is 0 Å². The minimum Gasteiger partial charge on any atom is -0.358 e. The summed E-state index contributed by atoms with van der Waals surface area (Å²) < 4.78 is 13.7. The second kappa shape index (κ2) is 4.07. The summed E-state index contributed by atoms with van der Waals surface area (Å²) in [5, 5.41) is 4.05. The zero-order chi connectivity index (χ0) is 10.4. The van der Waals surface area contributed by atoms with Crippen molar-refractivity contribution >= 4 is 23.3 Å². The fourth-order valence-electron chi connectivity index (χ4n) is 2.35. The Morgan fingerprint density at radius 2 is 2.12 bits per heavy atom. The molecule has 0 unspecified atom stereocenters. The van der Waals surface area contributed by atoms with Gasteiger partial charge in [-0.2, -0.15) is 0 Å². The number of H-pyrrole nitrogens is 1. The molecule has 4 heteroatoms. The van der Waals surface area contributed by atoms with Crippen LogP contribution in [0.2, 0.25) is 0 Å². The molecule has 0 bridgehead atoms. The van der Waals surface area contributed by atoms with Crippen molar-refractivity contribution in [1.29, 1.82) is 0 Å². The van der Waals surface area contributed by atoms with Crippen LogP contribution in [0.3, 0.4) is 0 Å². The van der Waals surface area contributed by atoms with Gasteiger partial charge < -0.3 is 10.3 Å². The molecule has 3 rings (SSSR count). The van der Waals surface area contributed by atoms with Gasteiger partial charge in [0.05, 0.1) is 5.52 Å². The Labute approximate surface area is 99.6 Å². The molecule has 0 aliphatic carbocycles. The Hall–Kier alpha value is -1.06. The molecule has 2 N–H and O–H groups in total. The molecule has 86 valence electrons. The molecule has 1 aliphatic rings. The van der Waals surface area contributed by atoms with E-state index in [9.17, 15) is 4.39 Å². The number of aryl methyl sites for hydroxylation is 1. The molecule has 16 heavy (non-hydrogen) atoms. The summed E-state index contributed by atoms with van der Waals surface area (Å²) in [6.45, 7) is 3.76. The Kier molecular flexibility index (Phi) is 2.91. The number of aromatic nitrogens is 1. The van der Waals surface area contributed by atoms with Gasteiger partial charge >= 0.3 is 0 Å². The minimum absolute atomic E-state index is 0. The molecule has 1 aromatic carbocycles. The van der Waals surface area contributed by atoms with E-state index in [0.717, 1.165) is 41.5 Å². The number of rotatable bonds is 0. The van der Waals surface area contributed by atoms with Gasteiger partial charge in [0.1, 0.15) is 5.82 Å². The maximum absolute atomic E-state index is 13.7. The number of hydrogen-bond donors (Lipinski definition) is 2. The van der Waals surface area contributed by atoms with Crippen molar-refractivity contribution in [3.05, 3.63) is 34.8 Å². The Morgan fingerprint density at radius 3 is 2.94 bits per heavy atom. The fourth-order valence-corrected chi connectivity index (χ4v) is 2.35. The lowest BCUT2D eigenvalue weighted by Gasteiger charge is -2.12. The van der Waals surface area contributed by atoms with E-state index in [-0.39, 0.29) is 18.2 Å². The third-order valence-corrected chi connectivity index (χ3v) is 3.16. The van der Waals surface area contributed by atoms with E-state index in [1.165, 1.54) is 5.69 Å². The van der Waals surface area contributed by atoms with Crippen molar-refractivity contribution in [2.45, 2.75) is 19.9 Å². The summed E-state index contributed by atoms with van der Waals surface area (Å²) in [5.41, 5.74) is 4.37. The van der Waals surface area contributed by atoms with E-state index in [2.05, 4.69) is 10.3 Å². The molecule has 0 saturated carbocycles. The van der Waals surface area contributed by atoms with Crippen molar-refractivity contribution in [1.82, 2.24) is 10.3 Å². The van der Waals surface area contributed by atoms with Crippen LogP contribution in [0.15, 0.2) is 12.1 Å². The summed E-state index contributed by atoms with van der Waals surface area (Å²) >= 11 is 0. The first-order valence-corrected chi connectivity index (χ1v) is 5.26. The van der Waals surface area contributed by atoms with Crippen molar-refractivity contribution in [2.75, 3.05) is 6.54 Å². The molecule has 1 aromatic heterocycles. The van der Waals surface area contributed by atoms with Gasteiger partial charge in [-0.3, -0.25) is 0 Å². The topological polar surface area (TPSA) is 27.8 Å². The number of nitrogens with one attached hydrogen (secondary N) is 2. The highest BCUT2D eigenvalue weighted by Crippen LogP contribution is 2.29. The van der Waals surface area contributed by atoms with E-state index in [1.807, 2.05) is 13.0 Å². The average molecular weight is 241 g/mol. The molecular weight excluding hydrogens is 227 g/mol. The third kappa shape index (κ3) is 1.51. The number of aromatic amines is 1. The molecule has 0 amide bonds. The first-order chi connectivity index (χ1) is 7.27. The molecular formula is C12H14ClFN2. The number of fused-ring (bicyclic) bond motifs is 3. The smallest absolute Gasteiger partial charge is 0.132 e. The van der Waals surface area contributed by atoms with Crippen molar-refractivity contribution in [3.8, 4) is 0 Å². The predicted octanol–water partition coefficient (Wildman–Crippen LogP) is 2.68. The highest BCUT2D eigenvalue weighted by atomic mass is 35.5. The molecule has 0 fully saturated rings. The number of benzene rings is 1. The Balaban J connectivity index is 0.000000963. The Morgan fingerprint density at radius 1 is 1.31 bits per heavy atom. The molecule has 0 atom stereocenters. The molecule has 0 spiro atoms. The fraction of sp³-hybridized carbons (Fsp3) is 0.333. The van der Waals surface area contributed by atoms with Crippen molar-refractivity contribution < 1.29 is 4.39 Å². The molecule has 0 radical (unpaired) electrons. The van der Waals surface area contributed by atoms with Crippen LogP contribution < -0.4 is 5.32 Å². The second-order valence-electron chi connectivity index (χ2n) is 4.12. The van der Waals surface area contributed by atoms with Crippen molar-refractivity contribution in [3.63, 3.8) is 0 Å². The highest BCUT2D eigenvalue weighted by molar-refractivity contribution is 5.88. The van der Waals surface area contributed by atoms with Crippen LogP contribution in [0.4, 0.5) is 4.39 Å². The zero-order valence-corrected chi connectivity index (χ0v) is 9.88.